The predicted molar refractivity (Wildman–Crippen MR) is 47.9 cm³/mol. The van der Waals surface area contributed by atoms with E-state index in [0.29, 0.717) is 0 Å². The van der Waals surface area contributed by atoms with Gasteiger partial charge in [0.2, 0.25) is 0 Å². The molecule has 0 aromatic heterocycles. The third-order valence-corrected chi connectivity index (χ3v) is 1.28. The molecule has 0 N–H and O–H groups in total. The van der Waals surface area contributed by atoms with Crippen molar-refractivity contribution in [3.05, 3.63) is 49.1 Å². The zero-order chi connectivity index (χ0) is 7.82. The lowest BCUT2D eigenvalue weighted by atomic mass is 10.1. The molecule has 0 saturated carbocycles. The average molecular weight is 134 g/mol. The number of hydrogen-bond acceptors (Lipinski definition) is 0. The Morgan fingerprint density at radius 3 is 2.40 bits per heavy atom. The minimum Gasteiger partial charge on any atom is -0.106 e. The maximum absolute atomic E-state index is 3.00. The van der Waals surface area contributed by atoms with Crippen molar-refractivity contribution in [2.45, 2.75) is 13.3 Å². The van der Waals surface area contributed by atoms with E-state index < -0.39 is 0 Å². The third-order valence-electron chi connectivity index (χ3n) is 1.28. The highest BCUT2D eigenvalue weighted by Gasteiger charge is 1.87. The van der Waals surface area contributed by atoms with Crippen LogP contribution in [-0.2, 0) is 0 Å². The largest absolute Gasteiger partial charge is 0.106 e. The fourth-order valence-electron chi connectivity index (χ4n) is 0.744. The molecule has 0 aliphatic heterocycles. The van der Waals surface area contributed by atoms with Crippen molar-refractivity contribution < 1.29 is 0 Å². The molecule has 0 heterocycles. The number of hydrogen-bond donors (Lipinski definition) is 0. The van der Waals surface area contributed by atoms with Crippen LogP contribution in [0.1, 0.15) is 13.3 Å². The van der Waals surface area contributed by atoms with E-state index in [1.54, 1.807) is 0 Å². The lowest BCUT2D eigenvalue weighted by molar-refractivity contribution is 1.25. The monoisotopic (exact) mass is 134 g/mol. The Labute approximate surface area is 63.3 Å². The summed E-state index contributed by atoms with van der Waals surface area (Å²) >= 11 is 0. The number of allylic oxidation sites excluding steroid dienone is 6. The molecule has 1 rings (SSSR count). The quantitative estimate of drug-likeness (QED) is 0.446. The van der Waals surface area contributed by atoms with E-state index in [1.165, 1.54) is 5.57 Å². The summed E-state index contributed by atoms with van der Waals surface area (Å²) in [5.41, 5.74) is 1.41. The Kier molecular flexibility index (Phi) is 5.45. The molecule has 1 aliphatic carbocycles. The second kappa shape index (κ2) is 6.09. The van der Waals surface area contributed by atoms with E-state index in [2.05, 4.69) is 50.5 Å². The molecule has 0 heteroatoms. The summed E-state index contributed by atoms with van der Waals surface area (Å²) < 4.78 is 0. The van der Waals surface area contributed by atoms with Gasteiger partial charge in [-0.25, -0.2) is 0 Å². The van der Waals surface area contributed by atoms with Gasteiger partial charge in [-0.15, -0.1) is 13.2 Å². The molecule has 1 aliphatic rings. The van der Waals surface area contributed by atoms with Gasteiger partial charge < -0.3 is 0 Å². The maximum Gasteiger partial charge on any atom is -0.00976 e. The van der Waals surface area contributed by atoms with Crippen molar-refractivity contribution in [3.8, 4) is 0 Å². The highest BCUT2D eigenvalue weighted by molar-refractivity contribution is 5.28. The Morgan fingerprint density at radius 2 is 2.10 bits per heavy atom. The van der Waals surface area contributed by atoms with Gasteiger partial charge >= 0.3 is 0 Å². The Morgan fingerprint density at radius 1 is 1.40 bits per heavy atom. The molecule has 0 atom stereocenters. The topological polar surface area (TPSA) is 0 Å². The van der Waals surface area contributed by atoms with Crippen LogP contribution < -0.4 is 0 Å². The SMILES string of the molecule is C=C.CC=C1C=CC=CC1. The molecule has 0 fully saturated rings. The fourth-order valence-corrected chi connectivity index (χ4v) is 0.744. The molecule has 0 amide bonds. The molecular formula is C10H14. The van der Waals surface area contributed by atoms with Gasteiger partial charge in [-0.3, -0.25) is 0 Å². The van der Waals surface area contributed by atoms with Gasteiger partial charge in [0.05, 0.1) is 0 Å². The molecule has 0 radical (unpaired) electrons. The third kappa shape index (κ3) is 3.08. The van der Waals surface area contributed by atoms with Crippen molar-refractivity contribution in [2.75, 3.05) is 0 Å². The van der Waals surface area contributed by atoms with Crippen LogP contribution in [0.25, 0.3) is 0 Å². The summed E-state index contributed by atoms with van der Waals surface area (Å²) in [5, 5.41) is 0. The van der Waals surface area contributed by atoms with Crippen molar-refractivity contribution in [1.29, 1.82) is 0 Å². The first-order valence-electron chi connectivity index (χ1n) is 3.42. The summed E-state index contributed by atoms with van der Waals surface area (Å²) in [6, 6.07) is 0. The van der Waals surface area contributed by atoms with Crippen LogP contribution in [-0.4, -0.2) is 0 Å². The van der Waals surface area contributed by atoms with Crippen LogP contribution >= 0.6 is 0 Å². The second-order valence-corrected chi connectivity index (χ2v) is 1.85. The highest BCUT2D eigenvalue weighted by atomic mass is 13.9. The second-order valence-electron chi connectivity index (χ2n) is 1.85. The van der Waals surface area contributed by atoms with Crippen LogP contribution in [0.3, 0.4) is 0 Å². The van der Waals surface area contributed by atoms with E-state index >= 15 is 0 Å². The molecule has 0 aromatic rings. The van der Waals surface area contributed by atoms with Crippen molar-refractivity contribution in [1.82, 2.24) is 0 Å². The summed E-state index contributed by atoms with van der Waals surface area (Å²) in [7, 11) is 0. The van der Waals surface area contributed by atoms with Crippen molar-refractivity contribution in [3.63, 3.8) is 0 Å². The van der Waals surface area contributed by atoms with E-state index in [1.807, 2.05) is 0 Å². The first kappa shape index (κ1) is 8.96. The molecule has 54 valence electrons. The number of rotatable bonds is 0. The van der Waals surface area contributed by atoms with Crippen molar-refractivity contribution in [2.24, 2.45) is 0 Å². The predicted octanol–water partition coefficient (Wildman–Crippen LogP) is 3.25. The van der Waals surface area contributed by atoms with Gasteiger partial charge in [0.15, 0.2) is 0 Å². The minimum atomic E-state index is 1.10. The molecule has 0 nitrogen and oxygen atoms in total. The first-order chi connectivity index (χ1) is 4.93. The zero-order valence-corrected chi connectivity index (χ0v) is 6.51. The fraction of sp³-hybridized carbons (Fsp3) is 0.200. The van der Waals surface area contributed by atoms with Crippen LogP contribution in [0.2, 0.25) is 0 Å². The van der Waals surface area contributed by atoms with Gasteiger partial charge in [0.25, 0.3) is 0 Å². The van der Waals surface area contributed by atoms with Crippen LogP contribution in [0.4, 0.5) is 0 Å². The molecule has 0 aromatic carbocycles. The summed E-state index contributed by atoms with van der Waals surface area (Å²) in [6.45, 7) is 8.07. The lowest BCUT2D eigenvalue weighted by Crippen LogP contribution is -1.77. The van der Waals surface area contributed by atoms with Gasteiger partial charge in [-0.05, 0) is 18.9 Å². The zero-order valence-electron chi connectivity index (χ0n) is 6.51. The van der Waals surface area contributed by atoms with Crippen LogP contribution in [0.5, 0.6) is 0 Å². The molecular weight excluding hydrogens is 120 g/mol. The molecule has 0 spiro atoms. The summed E-state index contributed by atoms with van der Waals surface area (Å²) in [4.78, 5) is 0. The van der Waals surface area contributed by atoms with E-state index in [4.69, 9.17) is 0 Å². The molecule has 10 heavy (non-hydrogen) atoms. The molecule has 0 bridgehead atoms. The lowest BCUT2D eigenvalue weighted by Gasteiger charge is -1.97. The smallest absolute Gasteiger partial charge is 0.00976 e. The van der Waals surface area contributed by atoms with Crippen LogP contribution in [0.15, 0.2) is 49.1 Å². The van der Waals surface area contributed by atoms with E-state index in [9.17, 15) is 0 Å². The van der Waals surface area contributed by atoms with Gasteiger partial charge in [-0.1, -0.05) is 30.4 Å². The molecule has 0 saturated heterocycles. The molecule has 0 unspecified atom stereocenters. The van der Waals surface area contributed by atoms with E-state index in [0.717, 1.165) is 6.42 Å². The van der Waals surface area contributed by atoms with Gasteiger partial charge in [0, 0.05) is 0 Å². The normalized spacial score (nSPS) is 18.3. The van der Waals surface area contributed by atoms with E-state index in [-0.39, 0.29) is 0 Å². The maximum atomic E-state index is 3.00. The summed E-state index contributed by atoms with van der Waals surface area (Å²) in [5.74, 6) is 0. The van der Waals surface area contributed by atoms with Crippen molar-refractivity contribution >= 4 is 0 Å². The van der Waals surface area contributed by atoms with Gasteiger partial charge in [0.1, 0.15) is 0 Å². The Hall–Kier alpha value is -1.04. The minimum absolute atomic E-state index is 1.10. The Bertz CT molecular complexity index is 159. The highest BCUT2D eigenvalue weighted by Crippen LogP contribution is 2.08. The average Bonchev–Trinajstić information content (AvgIpc) is 2.10. The first-order valence-corrected chi connectivity index (χ1v) is 3.42. The Balaban J connectivity index is 0.000000371. The standard InChI is InChI=1S/C8H10.C2H4/c1-2-8-6-4-3-5-7-8;1-2/h2-6H,7H2,1H3;1-2H2. The van der Waals surface area contributed by atoms with Crippen LogP contribution in [0, 0.1) is 0 Å². The summed E-state index contributed by atoms with van der Waals surface area (Å²) in [6.07, 6.45) is 11.7. The van der Waals surface area contributed by atoms with Gasteiger partial charge in [-0.2, -0.15) is 0 Å².